The SMILES string of the molecule is OC1(Cn2cc(Br)cn2)CCNCC1. The van der Waals surface area contributed by atoms with Gasteiger partial charge in [0, 0.05) is 6.20 Å². The van der Waals surface area contributed by atoms with Crippen molar-refractivity contribution in [2.75, 3.05) is 13.1 Å². The van der Waals surface area contributed by atoms with Crippen molar-refractivity contribution in [2.45, 2.75) is 25.0 Å². The van der Waals surface area contributed by atoms with Crippen molar-refractivity contribution in [3.8, 4) is 0 Å². The first-order chi connectivity index (χ1) is 6.68. The summed E-state index contributed by atoms with van der Waals surface area (Å²) in [5.74, 6) is 0. The number of piperidine rings is 1. The number of aliphatic hydroxyl groups is 1. The summed E-state index contributed by atoms with van der Waals surface area (Å²) in [7, 11) is 0. The van der Waals surface area contributed by atoms with E-state index in [1.807, 2.05) is 6.20 Å². The summed E-state index contributed by atoms with van der Waals surface area (Å²) in [5.41, 5.74) is -0.587. The fourth-order valence-corrected chi connectivity index (χ4v) is 2.10. The monoisotopic (exact) mass is 259 g/mol. The van der Waals surface area contributed by atoms with Crippen LogP contribution in [0.3, 0.4) is 0 Å². The summed E-state index contributed by atoms with van der Waals surface area (Å²) in [6.07, 6.45) is 5.22. The lowest BCUT2D eigenvalue weighted by Crippen LogP contribution is -2.44. The van der Waals surface area contributed by atoms with Crippen LogP contribution >= 0.6 is 15.9 Å². The Kier molecular flexibility index (Phi) is 2.90. The molecule has 1 aromatic heterocycles. The number of aromatic nitrogens is 2. The zero-order valence-electron chi connectivity index (χ0n) is 7.91. The fraction of sp³-hybridized carbons (Fsp3) is 0.667. The van der Waals surface area contributed by atoms with Crippen LogP contribution in [0.15, 0.2) is 16.9 Å². The Hall–Kier alpha value is -0.390. The summed E-state index contributed by atoms with van der Waals surface area (Å²) in [6.45, 7) is 2.36. The first kappa shape index (κ1) is 10.1. The minimum absolute atomic E-state index is 0.584. The largest absolute Gasteiger partial charge is 0.388 e. The molecule has 1 aliphatic rings. The van der Waals surface area contributed by atoms with Crippen LogP contribution in [-0.4, -0.2) is 33.6 Å². The van der Waals surface area contributed by atoms with Crippen LogP contribution < -0.4 is 5.32 Å². The van der Waals surface area contributed by atoms with Crippen LogP contribution in [0, 0.1) is 0 Å². The average Bonchev–Trinajstić information content (AvgIpc) is 2.51. The summed E-state index contributed by atoms with van der Waals surface area (Å²) < 4.78 is 2.74. The number of hydrogen-bond donors (Lipinski definition) is 2. The van der Waals surface area contributed by atoms with Crippen LogP contribution in [0.4, 0.5) is 0 Å². The molecule has 1 saturated heterocycles. The highest BCUT2D eigenvalue weighted by molar-refractivity contribution is 9.10. The van der Waals surface area contributed by atoms with Crippen LogP contribution in [0.2, 0.25) is 0 Å². The van der Waals surface area contributed by atoms with E-state index in [1.54, 1.807) is 10.9 Å². The number of rotatable bonds is 2. The molecule has 4 nitrogen and oxygen atoms in total. The molecule has 2 N–H and O–H groups in total. The molecule has 0 aliphatic carbocycles. The lowest BCUT2D eigenvalue weighted by atomic mass is 9.92. The van der Waals surface area contributed by atoms with Gasteiger partial charge in [-0.25, -0.2) is 0 Å². The highest BCUT2D eigenvalue weighted by atomic mass is 79.9. The zero-order chi connectivity index (χ0) is 10.0. The predicted octanol–water partition coefficient (Wildman–Crippen LogP) is 0.760. The molecule has 78 valence electrons. The van der Waals surface area contributed by atoms with Gasteiger partial charge in [0.05, 0.1) is 22.8 Å². The second-order valence-electron chi connectivity index (χ2n) is 3.83. The Balaban J connectivity index is 2.01. The number of halogens is 1. The molecule has 0 amide bonds. The molecule has 14 heavy (non-hydrogen) atoms. The number of hydrogen-bond acceptors (Lipinski definition) is 3. The maximum Gasteiger partial charge on any atom is 0.0866 e. The summed E-state index contributed by atoms with van der Waals surface area (Å²) in [5, 5.41) is 17.6. The first-order valence-corrected chi connectivity index (χ1v) is 5.58. The second-order valence-corrected chi connectivity index (χ2v) is 4.75. The van der Waals surface area contributed by atoms with Gasteiger partial charge >= 0.3 is 0 Å². The van der Waals surface area contributed by atoms with Crippen LogP contribution in [0.1, 0.15) is 12.8 Å². The number of nitrogens with zero attached hydrogens (tertiary/aromatic N) is 2. The quantitative estimate of drug-likeness (QED) is 0.825. The molecular weight excluding hydrogens is 246 g/mol. The van der Waals surface area contributed by atoms with Gasteiger partial charge in [0.1, 0.15) is 0 Å². The van der Waals surface area contributed by atoms with Crippen molar-refractivity contribution < 1.29 is 5.11 Å². The molecule has 0 aromatic carbocycles. The Labute approximate surface area is 91.4 Å². The molecule has 1 fully saturated rings. The van der Waals surface area contributed by atoms with Gasteiger partial charge < -0.3 is 10.4 Å². The van der Waals surface area contributed by atoms with Gasteiger partial charge in [-0.15, -0.1) is 0 Å². The van der Waals surface area contributed by atoms with Gasteiger partial charge in [-0.3, -0.25) is 4.68 Å². The molecule has 0 saturated carbocycles. The highest BCUT2D eigenvalue weighted by Gasteiger charge is 2.29. The summed E-state index contributed by atoms with van der Waals surface area (Å²) in [4.78, 5) is 0. The molecule has 5 heteroatoms. The fourth-order valence-electron chi connectivity index (χ4n) is 1.78. The molecule has 0 atom stereocenters. The van der Waals surface area contributed by atoms with Crippen molar-refractivity contribution in [3.05, 3.63) is 16.9 Å². The van der Waals surface area contributed by atoms with Gasteiger partial charge in [-0.2, -0.15) is 5.10 Å². The number of nitrogens with one attached hydrogen (secondary N) is 1. The van der Waals surface area contributed by atoms with Crippen molar-refractivity contribution in [1.82, 2.24) is 15.1 Å². The van der Waals surface area contributed by atoms with Crippen molar-refractivity contribution in [3.63, 3.8) is 0 Å². The van der Waals surface area contributed by atoms with E-state index >= 15 is 0 Å². The van der Waals surface area contributed by atoms with E-state index in [0.717, 1.165) is 30.4 Å². The standard InChI is InChI=1S/C9H14BrN3O/c10-8-5-12-13(6-8)7-9(14)1-3-11-4-2-9/h5-6,11,14H,1-4,7H2. The van der Waals surface area contributed by atoms with E-state index < -0.39 is 5.60 Å². The summed E-state index contributed by atoms with van der Waals surface area (Å²) >= 11 is 3.34. The van der Waals surface area contributed by atoms with Crippen molar-refractivity contribution >= 4 is 15.9 Å². The first-order valence-electron chi connectivity index (χ1n) is 4.79. The normalized spacial score (nSPS) is 21.0. The van der Waals surface area contributed by atoms with Gasteiger partial charge in [0.25, 0.3) is 0 Å². The van der Waals surface area contributed by atoms with E-state index in [2.05, 4.69) is 26.3 Å². The molecule has 0 radical (unpaired) electrons. The maximum absolute atomic E-state index is 10.2. The van der Waals surface area contributed by atoms with Crippen LogP contribution in [-0.2, 0) is 6.54 Å². The van der Waals surface area contributed by atoms with Gasteiger partial charge in [0.15, 0.2) is 0 Å². The van der Waals surface area contributed by atoms with E-state index in [-0.39, 0.29) is 0 Å². The Morgan fingerprint density at radius 3 is 2.86 bits per heavy atom. The third-order valence-corrected chi connectivity index (χ3v) is 3.00. The Bertz CT molecular complexity index is 307. The molecular formula is C9H14BrN3O. The van der Waals surface area contributed by atoms with Crippen LogP contribution in [0.25, 0.3) is 0 Å². The third kappa shape index (κ3) is 2.34. The summed E-state index contributed by atoms with van der Waals surface area (Å²) in [6, 6.07) is 0. The van der Waals surface area contributed by atoms with E-state index in [0.29, 0.717) is 6.54 Å². The van der Waals surface area contributed by atoms with Crippen molar-refractivity contribution in [2.24, 2.45) is 0 Å². The minimum atomic E-state index is -0.587. The molecule has 2 rings (SSSR count). The third-order valence-electron chi connectivity index (χ3n) is 2.59. The maximum atomic E-state index is 10.2. The average molecular weight is 260 g/mol. The highest BCUT2D eigenvalue weighted by Crippen LogP contribution is 2.20. The predicted molar refractivity (Wildman–Crippen MR) is 57.0 cm³/mol. The van der Waals surface area contributed by atoms with E-state index in [9.17, 15) is 5.11 Å². The van der Waals surface area contributed by atoms with Gasteiger partial charge in [-0.05, 0) is 41.9 Å². The van der Waals surface area contributed by atoms with E-state index in [4.69, 9.17) is 0 Å². The Morgan fingerprint density at radius 1 is 1.57 bits per heavy atom. The smallest absolute Gasteiger partial charge is 0.0866 e. The molecule has 0 spiro atoms. The molecule has 1 aromatic rings. The molecule has 0 unspecified atom stereocenters. The van der Waals surface area contributed by atoms with Gasteiger partial charge in [0.2, 0.25) is 0 Å². The zero-order valence-corrected chi connectivity index (χ0v) is 9.50. The van der Waals surface area contributed by atoms with Crippen LogP contribution in [0.5, 0.6) is 0 Å². The Morgan fingerprint density at radius 2 is 2.29 bits per heavy atom. The molecule has 1 aliphatic heterocycles. The second kappa shape index (κ2) is 4.00. The van der Waals surface area contributed by atoms with Crippen molar-refractivity contribution in [1.29, 1.82) is 0 Å². The van der Waals surface area contributed by atoms with Gasteiger partial charge in [-0.1, -0.05) is 0 Å². The lowest BCUT2D eigenvalue weighted by molar-refractivity contribution is -0.00823. The minimum Gasteiger partial charge on any atom is -0.388 e. The molecule has 0 bridgehead atoms. The lowest BCUT2D eigenvalue weighted by Gasteiger charge is -2.32. The van der Waals surface area contributed by atoms with E-state index in [1.165, 1.54) is 0 Å². The topological polar surface area (TPSA) is 50.1 Å². The molecule has 2 heterocycles.